The molecule has 1 heterocycles. The van der Waals surface area contributed by atoms with Crippen LogP contribution in [0.15, 0.2) is 23.9 Å². The van der Waals surface area contributed by atoms with Gasteiger partial charge < -0.3 is 10.2 Å². The highest BCUT2D eigenvalue weighted by Crippen LogP contribution is 2.22. The fourth-order valence-corrected chi connectivity index (χ4v) is 2.54. The Bertz CT molecular complexity index is 590. The number of hydrazine groups is 1. The first-order valence-corrected chi connectivity index (χ1v) is 6.90. The Morgan fingerprint density at radius 3 is 3.05 bits per heavy atom. The van der Waals surface area contributed by atoms with Gasteiger partial charge in [-0.3, -0.25) is 10.2 Å². The van der Waals surface area contributed by atoms with E-state index in [-0.39, 0.29) is 5.78 Å². The third kappa shape index (κ3) is 3.24. The van der Waals surface area contributed by atoms with Crippen LogP contribution in [-0.2, 0) is 9.53 Å². The van der Waals surface area contributed by atoms with E-state index in [2.05, 4.69) is 20.6 Å². The predicted octanol–water partition coefficient (Wildman–Crippen LogP) is 1.96. The second kappa shape index (κ2) is 6.33. The zero-order chi connectivity index (χ0) is 14.5. The summed E-state index contributed by atoms with van der Waals surface area (Å²) in [6, 6.07) is 0. The van der Waals surface area contributed by atoms with Crippen molar-refractivity contribution in [2.24, 2.45) is 0 Å². The maximum absolute atomic E-state index is 11.6. The summed E-state index contributed by atoms with van der Waals surface area (Å²) < 4.78 is 4.66. The Labute approximate surface area is 120 Å². The van der Waals surface area contributed by atoms with Crippen molar-refractivity contribution in [3.05, 3.63) is 34.5 Å². The molecule has 0 fully saturated rings. The SMILES string of the molecule is COC(=O)c1sc(NNC=C2C=CCCC2=O)nc1C. The number of esters is 1. The zero-order valence-electron chi connectivity index (χ0n) is 11.2. The lowest BCUT2D eigenvalue weighted by atomic mass is 10.0. The lowest BCUT2D eigenvalue weighted by Crippen LogP contribution is -2.17. The summed E-state index contributed by atoms with van der Waals surface area (Å²) in [4.78, 5) is 27.7. The zero-order valence-corrected chi connectivity index (χ0v) is 12.0. The van der Waals surface area contributed by atoms with Crippen molar-refractivity contribution >= 4 is 28.2 Å². The lowest BCUT2D eigenvalue weighted by Gasteiger charge is -2.07. The molecule has 0 unspecified atom stereocenters. The highest BCUT2D eigenvalue weighted by Gasteiger charge is 2.15. The molecule has 2 rings (SSSR count). The minimum absolute atomic E-state index is 0.104. The Morgan fingerprint density at radius 2 is 2.35 bits per heavy atom. The molecule has 0 bridgehead atoms. The molecule has 0 radical (unpaired) electrons. The number of anilines is 1. The molecule has 20 heavy (non-hydrogen) atoms. The van der Waals surface area contributed by atoms with Crippen molar-refractivity contribution in [3.8, 4) is 0 Å². The number of aryl methyl sites for hydroxylation is 1. The van der Waals surface area contributed by atoms with Crippen molar-refractivity contribution in [2.45, 2.75) is 19.8 Å². The van der Waals surface area contributed by atoms with Crippen LogP contribution in [0.3, 0.4) is 0 Å². The fourth-order valence-electron chi connectivity index (χ4n) is 1.70. The second-order valence-corrected chi connectivity index (χ2v) is 5.16. The normalized spacial score (nSPS) is 16.3. The van der Waals surface area contributed by atoms with E-state index in [4.69, 9.17) is 0 Å². The molecule has 0 spiro atoms. The number of carbonyl (C=O) groups excluding carboxylic acids is 2. The lowest BCUT2D eigenvalue weighted by molar-refractivity contribution is -0.115. The molecule has 1 aliphatic rings. The van der Waals surface area contributed by atoms with Crippen LogP contribution in [0.2, 0.25) is 0 Å². The maximum atomic E-state index is 11.6. The number of ketones is 1. The summed E-state index contributed by atoms with van der Waals surface area (Å²) in [5, 5.41) is 0.534. The van der Waals surface area contributed by atoms with E-state index in [0.29, 0.717) is 27.7 Å². The van der Waals surface area contributed by atoms with E-state index in [1.165, 1.54) is 18.4 Å². The fraction of sp³-hybridized carbons (Fsp3) is 0.308. The number of hydrogen-bond donors (Lipinski definition) is 2. The van der Waals surface area contributed by atoms with Gasteiger partial charge in [0.15, 0.2) is 5.78 Å². The van der Waals surface area contributed by atoms with Crippen LogP contribution in [0.25, 0.3) is 0 Å². The Hall–Kier alpha value is -2.15. The second-order valence-electron chi connectivity index (χ2n) is 4.16. The van der Waals surface area contributed by atoms with E-state index in [1.807, 2.05) is 6.08 Å². The van der Waals surface area contributed by atoms with Gasteiger partial charge in [0.2, 0.25) is 5.13 Å². The Morgan fingerprint density at radius 1 is 1.55 bits per heavy atom. The third-order valence-corrected chi connectivity index (χ3v) is 3.78. The molecule has 2 N–H and O–H groups in total. The van der Waals surface area contributed by atoms with Gasteiger partial charge in [-0.05, 0) is 13.3 Å². The molecule has 0 aromatic carbocycles. The van der Waals surface area contributed by atoms with E-state index in [0.717, 1.165) is 6.42 Å². The highest BCUT2D eigenvalue weighted by molar-refractivity contribution is 7.17. The molecule has 0 amide bonds. The standard InChI is InChI=1S/C13H15N3O3S/c1-8-11(12(18)19-2)20-13(15-8)16-14-7-9-5-3-4-6-10(9)17/h3,5,7,14H,4,6H2,1-2H3,(H,15,16). The molecule has 1 aromatic heterocycles. The van der Waals surface area contributed by atoms with Crippen LogP contribution in [0.5, 0.6) is 0 Å². The molecule has 6 nitrogen and oxygen atoms in total. The van der Waals surface area contributed by atoms with E-state index in [1.54, 1.807) is 19.2 Å². The average molecular weight is 293 g/mol. The molecule has 0 saturated heterocycles. The summed E-state index contributed by atoms with van der Waals surface area (Å²) >= 11 is 1.19. The first-order valence-electron chi connectivity index (χ1n) is 6.09. The van der Waals surface area contributed by atoms with Crippen LogP contribution >= 0.6 is 11.3 Å². The Balaban J connectivity index is 1.99. The largest absolute Gasteiger partial charge is 0.465 e. The van der Waals surface area contributed by atoms with Crippen molar-refractivity contribution < 1.29 is 14.3 Å². The van der Waals surface area contributed by atoms with Gasteiger partial charge in [-0.15, -0.1) is 0 Å². The number of ether oxygens (including phenoxy) is 1. The number of rotatable bonds is 4. The molecular weight excluding hydrogens is 278 g/mol. The van der Waals surface area contributed by atoms with Gasteiger partial charge in [0.1, 0.15) is 4.88 Å². The topological polar surface area (TPSA) is 80.3 Å². The van der Waals surface area contributed by atoms with Crippen molar-refractivity contribution in [1.29, 1.82) is 0 Å². The van der Waals surface area contributed by atoms with Crippen LogP contribution in [0.1, 0.15) is 28.2 Å². The third-order valence-electron chi connectivity index (χ3n) is 2.73. The van der Waals surface area contributed by atoms with Gasteiger partial charge in [-0.2, -0.15) is 0 Å². The molecule has 0 aliphatic heterocycles. The van der Waals surface area contributed by atoms with Gasteiger partial charge in [-0.25, -0.2) is 9.78 Å². The van der Waals surface area contributed by atoms with Crippen LogP contribution in [0.4, 0.5) is 5.13 Å². The summed E-state index contributed by atoms with van der Waals surface area (Å²) in [5.74, 6) is -0.302. The van der Waals surface area contributed by atoms with Gasteiger partial charge >= 0.3 is 5.97 Å². The minimum atomic E-state index is -0.406. The number of Topliss-reactive ketones (excluding diaryl/α,β-unsaturated/α-hetero) is 1. The highest BCUT2D eigenvalue weighted by atomic mass is 32.1. The Kier molecular flexibility index (Phi) is 4.52. The van der Waals surface area contributed by atoms with Crippen LogP contribution in [0, 0.1) is 6.92 Å². The number of carbonyl (C=O) groups is 2. The molecule has 1 aliphatic carbocycles. The molecule has 0 saturated carbocycles. The summed E-state index contributed by atoms with van der Waals surface area (Å²) in [5.41, 5.74) is 6.87. The summed E-state index contributed by atoms with van der Waals surface area (Å²) in [7, 11) is 1.33. The van der Waals surface area contributed by atoms with Crippen molar-refractivity contribution in [3.63, 3.8) is 0 Å². The summed E-state index contributed by atoms with van der Waals surface area (Å²) in [6.07, 6.45) is 6.66. The van der Waals surface area contributed by atoms with E-state index < -0.39 is 5.97 Å². The monoisotopic (exact) mass is 293 g/mol. The number of hydrogen-bond acceptors (Lipinski definition) is 7. The van der Waals surface area contributed by atoms with Crippen LogP contribution in [-0.4, -0.2) is 23.8 Å². The average Bonchev–Trinajstić information content (AvgIpc) is 2.81. The molecule has 106 valence electrons. The number of nitrogens with one attached hydrogen (secondary N) is 2. The number of thiazole rings is 1. The van der Waals surface area contributed by atoms with Crippen molar-refractivity contribution in [1.82, 2.24) is 10.4 Å². The van der Waals surface area contributed by atoms with Gasteiger partial charge in [-0.1, -0.05) is 23.5 Å². The molecule has 7 heteroatoms. The van der Waals surface area contributed by atoms with Gasteiger partial charge in [0.25, 0.3) is 0 Å². The smallest absolute Gasteiger partial charge is 0.350 e. The number of nitrogens with zero attached hydrogens (tertiary/aromatic N) is 1. The van der Waals surface area contributed by atoms with Gasteiger partial charge in [0, 0.05) is 18.2 Å². The number of methoxy groups -OCH3 is 1. The molecule has 0 atom stereocenters. The van der Waals surface area contributed by atoms with Gasteiger partial charge in [0.05, 0.1) is 12.8 Å². The quantitative estimate of drug-likeness (QED) is 0.502. The minimum Gasteiger partial charge on any atom is -0.465 e. The molecular formula is C13H15N3O3S. The van der Waals surface area contributed by atoms with E-state index in [9.17, 15) is 9.59 Å². The predicted molar refractivity (Wildman–Crippen MR) is 76.4 cm³/mol. The van der Waals surface area contributed by atoms with Crippen molar-refractivity contribution in [2.75, 3.05) is 12.5 Å². The maximum Gasteiger partial charge on any atom is 0.350 e. The van der Waals surface area contributed by atoms with Crippen LogP contribution < -0.4 is 10.9 Å². The summed E-state index contributed by atoms with van der Waals surface area (Å²) in [6.45, 7) is 1.74. The number of allylic oxidation sites excluding steroid dienone is 3. The first kappa shape index (κ1) is 14.3. The first-order chi connectivity index (χ1) is 9.61. The van der Waals surface area contributed by atoms with E-state index >= 15 is 0 Å². The molecule has 1 aromatic rings. The number of aromatic nitrogens is 1.